The normalized spacial score (nSPS) is 12.4. The monoisotopic (exact) mass is 308 g/mol. The van der Waals surface area contributed by atoms with E-state index in [-0.39, 0.29) is 4.83 Å². The average Bonchev–Trinajstić information content (AvgIpc) is 2.77. The molecule has 0 amide bonds. The number of alkyl halides is 1. The van der Waals surface area contributed by atoms with Crippen molar-refractivity contribution in [1.82, 2.24) is 0 Å². The fraction of sp³-hybridized carbons (Fsp3) is 0.333. The molecule has 0 spiro atoms. The lowest BCUT2D eigenvalue weighted by atomic mass is 10.0. The van der Waals surface area contributed by atoms with E-state index < -0.39 is 0 Å². The van der Waals surface area contributed by atoms with E-state index in [4.69, 9.17) is 9.15 Å². The third-order valence-corrected chi connectivity index (χ3v) is 3.90. The van der Waals surface area contributed by atoms with Crippen LogP contribution in [-0.2, 0) is 0 Å². The summed E-state index contributed by atoms with van der Waals surface area (Å²) in [5.74, 6) is 1.85. The molecule has 2 aromatic rings. The Morgan fingerprint density at radius 2 is 2.00 bits per heavy atom. The van der Waals surface area contributed by atoms with Gasteiger partial charge in [-0.15, -0.1) is 0 Å². The largest absolute Gasteiger partial charge is 0.494 e. The highest BCUT2D eigenvalue weighted by atomic mass is 79.9. The van der Waals surface area contributed by atoms with Crippen LogP contribution >= 0.6 is 15.9 Å². The second-order valence-corrected chi connectivity index (χ2v) is 5.18. The van der Waals surface area contributed by atoms with Gasteiger partial charge in [-0.05, 0) is 32.9 Å². The molecule has 0 aliphatic rings. The Hall–Kier alpha value is -1.22. The van der Waals surface area contributed by atoms with Crippen molar-refractivity contribution in [3.8, 4) is 5.75 Å². The highest BCUT2D eigenvalue weighted by Gasteiger charge is 2.18. The standard InChI is InChI=1S/C15H17BrO2/c1-4-17-14-6-5-10(2)9-13(14)15(16)12-7-8-18-11(12)3/h5-9,15H,4H2,1-3H3. The molecule has 0 saturated heterocycles. The molecule has 96 valence electrons. The van der Waals surface area contributed by atoms with Crippen LogP contribution in [0, 0.1) is 13.8 Å². The lowest BCUT2D eigenvalue weighted by molar-refractivity contribution is 0.337. The van der Waals surface area contributed by atoms with Gasteiger partial charge in [0.15, 0.2) is 0 Å². The van der Waals surface area contributed by atoms with Gasteiger partial charge in [0.25, 0.3) is 0 Å². The summed E-state index contributed by atoms with van der Waals surface area (Å²) >= 11 is 3.74. The summed E-state index contributed by atoms with van der Waals surface area (Å²) in [6.07, 6.45) is 1.72. The van der Waals surface area contributed by atoms with Gasteiger partial charge < -0.3 is 9.15 Å². The maximum Gasteiger partial charge on any atom is 0.123 e. The Bertz CT molecular complexity index is 531. The molecule has 0 saturated carbocycles. The fourth-order valence-electron chi connectivity index (χ4n) is 1.98. The first kappa shape index (κ1) is 13.2. The van der Waals surface area contributed by atoms with Crippen molar-refractivity contribution >= 4 is 15.9 Å². The summed E-state index contributed by atoms with van der Waals surface area (Å²) in [6.45, 7) is 6.72. The highest BCUT2D eigenvalue weighted by molar-refractivity contribution is 9.09. The predicted octanol–water partition coefficient (Wildman–Crippen LogP) is 4.78. The van der Waals surface area contributed by atoms with Crippen molar-refractivity contribution in [1.29, 1.82) is 0 Å². The van der Waals surface area contributed by atoms with E-state index in [1.165, 1.54) is 5.56 Å². The second-order valence-electron chi connectivity index (χ2n) is 4.27. The van der Waals surface area contributed by atoms with E-state index in [0.717, 1.165) is 22.6 Å². The van der Waals surface area contributed by atoms with Crippen molar-refractivity contribution in [2.75, 3.05) is 6.61 Å². The van der Waals surface area contributed by atoms with Gasteiger partial charge in [0, 0.05) is 11.1 Å². The van der Waals surface area contributed by atoms with Crippen LogP contribution in [0.1, 0.15) is 34.2 Å². The molecular weight excluding hydrogens is 292 g/mol. The zero-order chi connectivity index (χ0) is 13.1. The molecule has 2 rings (SSSR count). The summed E-state index contributed by atoms with van der Waals surface area (Å²) < 4.78 is 11.1. The molecule has 1 aromatic heterocycles. The summed E-state index contributed by atoms with van der Waals surface area (Å²) in [7, 11) is 0. The van der Waals surface area contributed by atoms with Crippen molar-refractivity contribution in [2.45, 2.75) is 25.6 Å². The van der Waals surface area contributed by atoms with Crippen LogP contribution < -0.4 is 4.74 Å². The van der Waals surface area contributed by atoms with E-state index in [2.05, 4.69) is 35.0 Å². The molecule has 1 atom stereocenters. The minimum atomic E-state index is 0.0951. The van der Waals surface area contributed by atoms with Crippen LogP contribution in [0.3, 0.4) is 0 Å². The minimum Gasteiger partial charge on any atom is -0.494 e. The first-order valence-corrected chi connectivity index (χ1v) is 6.96. The molecule has 0 fully saturated rings. The summed E-state index contributed by atoms with van der Waals surface area (Å²) in [5.41, 5.74) is 3.50. The number of hydrogen-bond acceptors (Lipinski definition) is 2. The van der Waals surface area contributed by atoms with Crippen molar-refractivity contribution < 1.29 is 9.15 Å². The smallest absolute Gasteiger partial charge is 0.123 e. The Morgan fingerprint density at radius 3 is 2.61 bits per heavy atom. The average molecular weight is 309 g/mol. The lowest BCUT2D eigenvalue weighted by Gasteiger charge is -2.15. The van der Waals surface area contributed by atoms with Crippen molar-refractivity contribution in [3.63, 3.8) is 0 Å². The van der Waals surface area contributed by atoms with Gasteiger partial charge >= 0.3 is 0 Å². The molecule has 0 radical (unpaired) electrons. The quantitative estimate of drug-likeness (QED) is 0.758. The number of furan rings is 1. The topological polar surface area (TPSA) is 22.4 Å². The van der Waals surface area contributed by atoms with E-state index in [9.17, 15) is 0 Å². The third-order valence-electron chi connectivity index (χ3n) is 2.91. The van der Waals surface area contributed by atoms with Gasteiger partial charge in [0.05, 0.1) is 17.7 Å². The molecule has 1 unspecified atom stereocenters. The molecule has 0 N–H and O–H groups in total. The first-order valence-electron chi connectivity index (χ1n) is 6.05. The first-order chi connectivity index (χ1) is 8.63. The van der Waals surface area contributed by atoms with Crippen LogP contribution in [0.5, 0.6) is 5.75 Å². The number of rotatable bonds is 4. The SMILES string of the molecule is CCOc1ccc(C)cc1C(Br)c1ccoc1C. The Labute approximate surface area is 116 Å². The van der Waals surface area contributed by atoms with Crippen LogP contribution in [-0.4, -0.2) is 6.61 Å². The summed E-state index contributed by atoms with van der Waals surface area (Å²) in [6, 6.07) is 8.23. The van der Waals surface area contributed by atoms with Crippen LogP contribution in [0.25, 0.3) is 0 Å². The zero-order valence-electron chi connectivity index (χ0n) is 10.9. The Kier molecular flexibility index (Phi) is 4.12. The lowest BCUT2D eigenvalue weighted by Crippen LogP contribution is -2.00. The number of aryl methyl sites for hydroxylation is 2. The fourth-order valence-corrected chi connectivity index (χ4v) is 2.81. The van der Waals surface area contributed by atoms with Crippen LogP contribution in [0.15, 0.2) is 34.9 Å². The molecule has 2 nitrogen and oxygen atoms in total. The Balaban J connectivity index is 2.43. The summed E-state index contributed by atoms with van der Waals surface area (Å²) in [4.78, 5) is 0.0951. The molecule has 1 aromatic carbocycles. The van der Waals surface area contributed by atoms with Gasteiger partial charge in [-0.3, -0.25) is 0 Å². The number of hydrogen-bond donors (Lipinski definition) is 0. The highest BCUT2D eigenvalue weighted by Crippen LogP contribution is 2.38. The van der Waals surface area contributed by atoms with Gasteiger partial charge in [0.1, 0.15) is 11.5 Å². The van der Waals surface area contributed by atoms with E-state index >= 15 is 0 Å². The van der Waals surface area contributed by atoms with E-state index in [1.807, 2.05) is 26.0 Å². The predicted molar refractivity (Wildman–Crippen MR) is 76.6 cm³/mol. The molecule has 3 heteroatoms. The Morgan fingerprint density at radius 1 is 1.22 bits per heavy atom. The number of halogens is 1. The molecule has 0 aliphatic carbocycles. The molecule has 0 aliphatic heterocycles. The summed E-state index contributed by atoms with van der Waals surface area (Å²) in [5, 5.41) is 0. The minimum absolute atomic E-state index is 0.0951. The maximum absolute atomic E-state index is 5.69. The van der Waals surface area contributed by atoms with Gasteiger partial charge in [-0.2, -0.15) is 0 Å². The second kappa shape index (κ2) is 5.61. The maximum atomic E-state index is 5.69. The zero-order valence-corrected chi connectivity index (χ0v) is 12.5. The third kappa shape index (κ3) is 2.61. The van der Waals surface area contributed by atoms with Gasteiger partial charge in [-0.25, -0.2) is 0 Å². The molecule has 18 heavy (non-hydrogen) atoms. The van der Waals surface area contributed by atoms with Crippen LogP contribution in [0.4, 0.5) is 0 Å². The van der Waals surface area contributed by atoms with E-state index in [1.54, 1.807) is 6.26 Å². The van der Waals surface area contributed by atoms with Gasteiger partial charge in [-0.1, -0.05) is 33.6 Å². The number of ether oxygens (including phenoxy) is 1. The van der Waals surface area contributed by atoms with Crippen LogP contribution in [0.2, 0.25) is 0 Å². The van der Waals surface area contributed by atoms with Crippen molar-refractivity contribution in [2.24, 2.45) is 0 Å². The van der Waals surface area contributed by atoms with E-state index in [0.29, 0.717) is 6.61 Å². The molecular formula is C15H17BrO2. The molecule has 1 heterocycles. The van der Waals surface area contributed by atoms with Crippen molar-refractivity contribution in [3.05, 3.63) is 53.0 Å². The van der Waals surface area contributed by atoms with Gasteiger partial charge in [0.2, 0.25) is 0 Å². The molecule has 0 bridgehead atoms. The number of benzene rings is 1.